The Hall–Kier alpha value is -1.14. The van der Waals surface area contributed by atoms with Gasteiger partial charge in [-0.15, -0.1) is 4.48 Å². The second kappa shape index (κ2) is 4.21. The van der Waals surface area contributed by atoms with E-state index >= 15 is 0 Å². The quantitative estimate of drug-likeness (QED) is 0.645. The first kappa shape index (κ1) is 13.3. The molecule has 2 rings (SSSR count). The van der Waals surface area contributed by atoms with Crippen molar-refractivity contribution >= 4 is 18.3 Å². The van der Waals surface area contributed by atoms with Gasteiger partial charge < -0.3 is 9.31 Å². The molecule has 1 aromatic rings. The van der Waals surface area contributed by atoms with Crippen molar-refractivity contribution in [3.8, 4) is 0 Å². The van der Waals surface area contributed by atoms with E-state index in [1.54, 1.807) is 11.6 Å². The normalized spacial score (nSPS) is 21.1. The first-order valence-electron chi connectivity index (χ1n) is 5.96. The van der Waals surface area contributed by atoms with E-state index in [0.29, 0.717) is 5.69 Å². The average Bonchev–Trinajstić information content (AvgIpc) is 2.48. The van der Waals surface area contributed by atoms with E-state index in [1.807, 2.05) is 34.6 Å². The molecular weight excluding hydrogens is 234 g/mol. The number of aryl methyl sites for hydroxylation is 1. The molecule has 0 aliphatic carbocycles. The van der Waals surface area contributed by atoms with E-state index in [4.69, 9.17) is 9.31 Å². The molecule has 0 amide bonds. The highest BCUT2D eigenvalue weighted by Gasteiger charge is 2.52. The van der Waals surface area contributed by atoms with Crippen LogP contribution in [-0.4, -0.2) is 23.3 Å². The summed E-state index contributed by atoms with van der Waals surface area (Å²) in [6.45, 7) is 9.77. The predicted octanol–water partition coefficient (Wildman–Crippen LogP) is 1.99. The lowest BCUT2D eigenvalue weighted by Gasteiger charge is -2.32. The van der Waals surface area contributed by atoms with E-state index in [-0.39, 0.29) is 0 Å². The summed E-state index contributed by atoms with van der Waals surface area (Å²) < 4.78 is 24.3. The van der Waals surface area contributed by atoms with Crippen LogP contribution >= 0.6 is 0 Å². The fourth-order valence-electron chi connectivity index (χ4n) is 1.81. The Kier molecular flexibility index (Phi) is 3.11. The molecule has 0 aromatic carbocycles. The molecule has 4 nitrogen and oxygen atoms in total. The topological polar surface area (TPSA) is 43.4 Å². The summed E-state index contributed by atoms with van der Waals surface area (Å²) in [6.07, 6.45) is 1.43. The predicted molar refractivity (Wildman–Crippen MR) is 69.4 cm³/mol. The van der Waals surface area contributed by atoms with Gasteiger partial charge in [-0.25, -0.2) is 5.54 Å². The van der Waals surface area contributed by atoms with Crippen molar-refractivity contribution in [1.29, 1.82) is 0 Å². The molecule has 0 atom stereocenters. The molecule has 1 aliphatic heterocycles. The summed E-state index contributed by atoms with van der Waals surface area (Å²) in [6, 6.07) is 1.66. The zero-order valence-corrected chi connectivity index (χ0v) is 11.4. The maximum absolute atomic E-state index is 12.5. The standard InChI is InChI=1S/C12H18BFN2O2/c1-8-10(6-9(16-14)7-15-8)13-17-11(2,3)12(4,5)18-13/h6-7,16H,1-5H3. The number of anilines is 1. The Morgan fingerprint density at radius 3 is 2.28 bits per heavy atom. The van der Waals surface area contributed by atoms with Crippen molar-refractivity contribution < 1.29 is 13.8 Å². The summed E-state index contributed by atoms with van der Waals surface area (Å²) in [5, 5.41) is 0. The smallest absolute Gasteiger partial charge is 0.399 e. The minimum atomic E-state index is -0.518. The number of pyridine rings is 1. The summed E-state index contributed by atoms with van der Waals surface area (Å²) in [4.78, 5) is 4.13. The Labute approximate surface area is 107 Å². The average molecular weight is 252 g/mol. The second-order valence-corrected chi connectivity index (χ2v) is 5.58. The van der Waals surface area contributed by atoms with Crippen molar-refractivity contribution in [3.05, 3.63) is 18.0 Å². The lowest BCUT2D eigenvalue weighted by molar-refractivity contribution is 0.00578. The van der Waals surface area contributed by atoms with Crippen LogP contribution < -0.4 is 11.0 Å². The molecular formula is C12H18BFN2O2. The number of halogens is 1. The molecule has 0 bridgehead atoms. The number of hydrogen-bond acceptors (Lipinski definition) is 4. The molecule has 0 saturated carbocycles. The lowest BCUT2D eigenvalue weighted by atomic mass is 9.78. The maximum Gasteiger partial charge on any atom is 0.496 e. The molecule has 2 heterocycles. The van der Waals surface area contributed by atoms with Crippen LogP contribution in [0.2, 0.25) is 0 Å². The summed E-state index contributed by atoms with van der Waals surface area (Å²) in [7, 11) is -0.518. The zero-order valence-electron chi connectivity index (χ0n) is 11.4. The van der Waals surface area contributed by atoms with E-state index in [2.05, 4.69) is 4.98 Å². The van der Waals surface area contributed by atoms with Gasteiger partial charge in [0, 0.05) is 11.2 Å². The highest BCUT2D eigenvalue weighted by molar-refractivity contribution is 6.62. The van der Waals surface area contributed by atoms with Gasteiger partial charge in [0.1, 0.15) is 0 Å². The van der Waals surface area contributed by atoms with E-state index in [9.17, 15) is 4.48 Å². The van der Waals surface area contributed by atoms with E-state index in [0.717, 1.165) is 11.2 Å². The van der Waals surface area contributed by atoms with Crippen LogP contribution in [0.1, 0.15) is 33.4 Å². The van der Waals surface area contributed by atoms with Gasteiger partial charge in [0.2, 0.25) is 0 Å². The number of hydrogen-bond donors (Lipinski definition) is 1. The molecule has 0 radical (unpaired) electrons. The molecule has 1 aromatic heterocycles. The third-order valence-corrected chi connectivity index (χ3v) is 3.74. The highest BCUT2D eigenvalue weighted by atomic mass is 19.2. The summed E-state index contributed by atoms with van der Waals surface area (Å²) >= 11 is 0. The van der Waals surface area contributed by atoms with Crippen molar-refractivity contribution in [2.75, 3.05) is 5.54 Å². The molecule has 1 saturated heterocycles. The van der Waals surface area contributed by atoms with Gasteiger partial charge in [-0.1, -0.05) is 0 Å². The van der Waals surface area contributed by atoms with Crippen LogP contribution in [0.3, 0.4) is 0 Å². The zero-order chi connectivity index (χ0) is 13.6. The Morgan fingerprint density at radius 2 is 1.78 bits per heavy atom. The van der Waals surface area contributed by atoms with E-state index in [1.165, 1.54) is 6.20 Å². The maximum atomic E-state index is 12.5. The van der Waals surface area contributed by atoms with Gasteiger partial charge in [0.25, 0.3) is 0 Å². The molecule has 18 heavy (non-hydrogen) atoms. The minimum absolute atomic E-state index is 0.297. The van der Waals surface area contributed by atoms with Gasteiger partial charge in [-0.05, 0) is 40.7 Å². The van der Waals surface area contributed by atoms with Crippen molar-refractivity contribution in [1.82, 2.24) is 4.98 Å². The highest BCUT2D eigenvalue weighted by Crippen LogP contribution is 2.36. The molecule has 98 valence electrons. The molecule has 1 aliphatic rings. The second-order valence-electron chi connectivity index (χ2n) is 5.58. The number of nitrogens with one attached hydrogen (secondary N) is 1. The summed E-state index contributed by atoms with van der Waals surface area (Å²) in [5.41, 5.74) is 2.57. The monoisotopic (exact) mass is 252 g/mol. The Bertz CT molecular complexity index is 449. The third kappa shape index (κ3) is 2.10. The van der Waals surface area contributed by atoms with Crippen LogP contribution in [0.5, 0.6) is 0 Å². The third-order valence-electron chi connectivity index (χ3n) is 3.74. The Morgan fingerprint density at radius 1 is 1.22 bits per heavy atom. The van der Waals surface area contributed by atoms with Crippen LogP contribution in [0.25, 0.3) is 0 Å². The van der Waals surface area contributed by atoms with Crippen molar-refractivity contribution in [2.45, 2.75) is 45.8 Å². The van der Waals surface area contributed by atoms with Crippen LogP contribution in [0.15, 0.2) is 12.3 Å². The molecule has 0 unspecified atom stereocenters. The van der Waals surface area contributed by atoms with Gasteiger partial charge >= 0.3 is 7.12 Å². The van der Waals surface area contributed by atoms with Gasteiger partial charge in [0.15, 0.2) is 0 Å². The number of rotatable bonds is 2. The lowest BCUT2D eigenvalue weighted by Crippen LogP contribution is -2.41. The van der Waals surface area contributed by atoms with E-state index < -0.39 is 18.3 Å². The van der Waals surface area contributed by atoms with Gasteiger partial charge in [-0.3, -0.25) is 4.98 Å². The first-order valence-corrected chi connectivity index (χ1v) is 5.96. The molecule has 1 fully saturated rings. The Balaban J connectivity index is 2.34. The fourth-order valence-corrected chi connectivity index (χ4v) is 1.81. The van der Waals surface area contributed by atoms with Crippen LogP contribution in [0, 0.1) is 6.92 Å². The summed E-state index contributed by atoms with van der Waals surface area (Å²) in [5.74, 6) is 0. The SMILES string of the molecule is Cc1ncc(NF)cc1B1OC(C)(C)C(C)(C)O1. The van der Waals surface area contributed by atoms with Gasteiger partial charge in [-0.2, -0.15) is 0 Å². The van der Waals surface area contributed by atoms with Crippen LogP contribution in [-0.2, 0) is 9.31 Å². The molecule has 1 N–H and O–H groups in total. The molecule has 6 heteroatoms. The number of aromatic nitrogens is 1. The first-order chi connectivity index (χ1) is 8.27. The molecule has 0 spiro atoms. The fraction of sp³-hybridized carbons (Fsp3) is 0.583. The largest absolute Gasteiger partial charge is 0.496 e. The van der Waals surface area contributed by atoms with Crippen LogP contribution in [0.4, 0.5) is 10.2 Å². The minimum Gasteiger partial charge on any atom is -0.399 e. The number of nitrogens with zero attached hydrogens (tertiary/aromatic N) is 1. The van der Waals surface area contributed by atoms with Gasteiger partial charge in [0.05, 0.1) is 23.1 Å². The van der Waals surface area contributed by atoms with Crippen molar-refractivity contribution in [2.24, 2.45) is 0 Å². The van der Waals surface area contributed by atoms with Crippen molar-refractivity contribution in [3.63, 3.8) is 0 Å².